The molecule has 0 bridgehead atoms. The van der Waals surface area contributed by atoms with E-state index in [2.05, 4.69) is 56.9 Å². The maximum absolute atomic E-state index is 6.12. The fourth-order valence-electron chi connectivity index (χ4n) is 2.67. The molecule has 0 saturated carbocycles. The predicted octanol–water partition coefficient (Wildman–Crippen LogP) is 1.69. The van der Waals surface area contributed by atoms with Crippen LogP contribution >= 0.6 is 0 Å². The molecule has 2 unspecified atom stereocenters. The monoisotopic (exact) mass is 287 g/mol. The van der Waals surface area contributed by atoms with E-state index in [0.29, 0.717) is 25.3 Å². The minimum Gasteiger partial charge on any atom is -0.324 e. The van der Waals surface area contributed by atoms with E-state index in [1.54, 1.807) is 0 Å². The zero-order chi connectivity index (χ0) is 15.2. The minimum absolute atomic E-state index is 0.309. The third-order valence-corrected chi connectivity index (χ3v) is 3.72. The third kappa shape index (κ3) is 4.67. The van der Waals surface area contributed by atoms with Gasteiger partial charge in [-0.05, 0) is 40.8 Å². The average molecular weight is 287 g/mol. The maximum Gasteiger partial charge on any atom is 0.294 e. The second kappa shape index (κ2) is 8.29. The van der Waals surface area contributed by atoms with Gasteiger partial charge in [-0.15, -0.1) is 0 Å². The molecule has 0 aromatic carbocycles. The van der Waals surface area contributed by atoms with Gasteiger partial charge in [0.1, 0.15) is 0 Å². The molecule has 0 spiro atoms. The van der Waals surface area contributed by atoms with Gasteiger partial charge >= 0.3 is 0 Å². The topological polar surface area (TPSA) is 37.0 Å². The van der Waals surface area contributed by atoms with Crippen molar-refractivity contribution in [2.75, 3.05) is 40.4 Å². The van der Waals surface area contributed by atoms with E-state index < -0.39 is 6.03 Å². The van der Waals surface area contributed by atoms with E-state index in [0.717, 1.165) is 25.9 Å². The third-order valence-electron chi connectivity index (χ3n) is 3.72. The van der Waals surface area contributed by atoms with Crippen LogP contribution in [0.4, 0.5) is 0 Å². The van der Waals surface area contributed by atoms with Crippen LogP contribution in [0.5, 0.6) is 0 Å². The maximum atomic E-state index is 6.12. The summed E-state index contributed by atoms with van der Waals surface area (Å²) in [6.07, 6.45) is 1.96. The Hall–Kier alpha value is -0.200. The van der Waals surface area contributed by atoms with Crippen molar-refractivity contribution in [3.05, 3.63) is 0 Å². The van der Waals surface area contributed by atoms with Crippen molar-refractivity contribution in [1.82, 2.24) is 15.1 Å². The van der Waals surface area contributed by atoms with Crippen molar-refractivity contribution in [2.45, 2.75) is 58.7 Å². The van der Waals surface area contributed by atoms with Gasteiger partial charge in [-0.25, -0.2) is 10.2 Å². The molecule has 0 aromatic heterocycles. The lowest BCUT2D eigenvalue weighted by Crippen LogP contribution is -2.69. The molecule has 1 fully saturated rings. The molecule has 1 saturated heterocycles. The van der Waals surface area contributed by atoms with Crippen molar-refractivity contribution in [3.8, 4) is 0 Å². The Kier molecular flexibility index (Phi) is 7.40. The number of hydrogen-bond acceptors (Lipinski definition) is 5. The summed E-state index contributed by atoms with van der Waals surface area (Å²) in [7, 11) is 4.24. The first-order chi connectivity index (χ1) is 9.45. The van der Waals surface area contributed by atoms with E-state index >= 15 is 0 Å². The lowest BCUT2D eigenvalue weighted by Gasteiger charge is -2.48. The minimum atomic E-state index is -0.799. The standard InChI is InChI=1S/C15H33N3O2/c1-7-9-19-15(20-10-8-2)16-13(3)11-17(5)12-14(4)18(15)6/h13-14,16H,7-12H2,1-6H3. The summed E-state index contributed by atoms with van der Waals surface area (Å²) >= 11 is 0. The van der Waals surface area contributed by atoms with Crippen molar-refractivity contribution in [1.29, 1.82) is 0 Å². The Labute approximate surface area is 124 Å². The molecule has 1 heterocycles. The van der Waals surface area contributed by atoms with E-state index in [9.17, 15) is 0 Å². The molecule has 20 heavy (non-hydrogen) atoms. The Morgan fingerprint density at radius 2 is 1.60 bits per heavy atom. The number of nitrogens with zero attached hydrogens (tertiary/aromatic N) is 2. The van der Waals surface area contributed by atoms with Gasteiger partial charge in [-0.1, -0.05) is 13.8 Å². The number of hydrogen-bond donors (Lipinski definition) is 1. The molecular formula is C15H33N3O2. The van der Waals surface area contributed by atoms with Gasteiger partial charge in [-0.3, -0.25) is 0 Å². The van der Waals surface area contributed by atoms with E-state index in [1.807, 2.05) is 0 Å². The molecule has 5 heteroatoms. The summed E-state index contributed by atoms with van der Waals surface area (Å²) in [5.74, 6) is 0. The molecule has 0 radical (unpaired) electrons. The summed E-state index contributed by atoms with van der Waals surface area (Å²) in [6.45, 7) is 12.0. The molecular weight excluding hydrogens is 254 g/mol. The van der Waals surface area contributed by atoms with Crippen LogP contribution in [0, 0.1) is 0 Å². The highest BCUT2D eigenvalue weighted by atomic mass is 16.7. The van der Waals surface area contributed by atoms with Gasteiger partial charge < -0.3 is 14.4 Å². The highest BCUT2D eigenvalue weighted by molar-refractivity contribution is 4.83. The molecule has 1 aliphatic rings. The fourth-order valence-corrected chi connectivity index (χ4v) is 2.67. The van der Waals surface area contributed by atoms with Crippen LogP contribution in [0.2, 0.25) is 0 Å². The van der Waals surface area contributed by atoms with Crippen LogP contribution in [0.3, 0.4) is 0 Å². The van der Waals surface area contributed by atoms with Crippen LogP contribution in [0.25, 0.3) is 0 Å². The van der Waals surface area contributed by atoms with Crippen LogP contribution in [0.1, 0.15) is 40.5 Å². The van der Waals surface area contributed by atoms with Gasteiger partial charge in [0.2, 0.25) is 0 Å². The molecule has 5 nitrogen and oxygen atoms in total. The van der Waals surface area contributed by atoms with Crippen molar-refractivity contribution < 1.29 is 9.47 Å². The Morgan fingerprint density at radius 3 is 2.10 bits per heavy atom. The highest BCUT2D eigenvalue weighted by Gasteiger charge is 2.42. The lowest BCUT2D eigenvalue weighted by molar-refractivity contribution is -0.344. The largest absolute Gasteiger partial charge is 0.324 e. The second-order valence-electron chi connectivity index (χ2n) is 6.01. The number of rotatable bonds is 6. The zero-order valence-electron chi connectivity index (χ0n) is 14.1. The highest BCUT2D eigenvalue weighted by Crippen LogP contribution is 2.22. The predicted molar refractivity (Wildman–Crippen MR) is 82.5 cm³/mol. The first kappa shape index (κ1) is 17.9. The number of likely N-dealkylation sites (N-methyl/N-ethyl adjacent to an activating group) is 2. The van der Waals surface area contributed by atoms with Gasteiger partial charge in [-0.2, -0.15) is 0 Å². The quantitative estimate of drug-likeness (QED) is 0.753. The van der Waals surface area contributed by atoms with Crippen molar-refractivity contribution >= 4 is 0 Å². The summed E-state index contributed by atoms with van der Waals surface area (Å²) in [4.78, 5) is 4.53. The number of ether oxygens (including phenoxy) is 2. The molecule has 0 aromatic rings. The summed E-state index contributed by atoms with van der Waals surface area (Å²) in [5.41, 5.74) is 0. The number of nitrogens with one attached hydrogen (secondary N) is 1. The van der Waals surface area contributed by atoms with Crippen LogP contribution < -0.4 is 5.32 Å². The summed E-state index contributed by atoms with van der Waals surface area (Å²) < 4.78 is 12.2. The van der Waals surface area contributed by atoms with Crippen LogP contribution in [0.15, 0.2) is 0 Å². The molecule has 0 aliphatic carbocycles. The zero-order valence-corrected chi connectivity index (χ0v) is 14.1. The van der Waals surface area contributed by atoms with Gasteiger partial charge in [0, 0.05) is 25.2 Å². The molecule has 1 N–H and O–H groups in total. The summed E-state index contributed by atoms with van der Waals surface area (Å²) in [5, 5.41) is 3.55. The second-order valence-corrected chi connectivity index (χ2v) is 6.01. The summed E-state index contributed by atoms with van der Waals surface area (Å²) in [6, 6.07) is -0.135. The first-order valence-electron chi connectivity index (χ1n) is 7.92. The normalized spacial score (nSPS) is 29.1. The average Bonchev–Trinajstić information content (AvgIpc) is 2.39. The Balaban J connectivity index is 2.93. The molecule has 120 valence electrons. The SMILES string of the molecule is CCCOC1(OCCC)NC(C)CN(C)CC(C)N1C. The molecule has 2 atom stereocenters. The van der Waals surface area contributed by atoms with Crippen LogP contribution in [-0.2, 0) is 9.47 Å². The molecule has 0 amide bonds. The van der Waals surface area contributed by atoms with Gasteiger partial charge in [0.15, 0.2) is 0 Å². The lowest BCUT2D eigenvalue weighted by atomic mass is 10.2. The smallest absolute Gasteiger partial charge is 0.294 e. The molecule has 1 rings (SSSR count). The van der Waals surface area contributed by atoms with Crippen molar-refractivity contribution in [3.63, 3.8) is 0 Å². The Morgan fingerprint density at radius 1 is 1.05 bits per heavy atom. The first-order valence-corrected chi connectivity index (χ1v) is 7.92. The van der Waals surface area contributed by atoms with E-state index in [-0.39, 0.29) is 0 Å². The molecule has 1 aliphatic heterocycles. The van der Waals surface area contributed by atoms with Gasteiger partial charge in [0.25, 0.3) is 6.03 Å². The van der Waals surface area contributed by atoms with E-state index in [4.69, 9.17) is 9.47 Å². The van der Waals surface area contributed by atoms with Crippen LogP contribution in [-0.4, -0.2) is 68.3 Å². The Bertz CT molecular complexity index is 268. The fraction of sp³-hybridized carbons (Fsp3) is 1.00. The van der Waals surface area contributed by atoms with Gasteiger partial charge in [0.05, 0.1) is 13.2 Å². The van der Waals surface area contributed by atoms with E-state index in [1.165, 1.54) is 0 Å². The van der Waals surface area contributed by atoms with Crippen molar-refractivity contribution in [2.24, 2.45) is 0 Å².